The Balaban J connectivity index is 3.57. The summed E-state index contributed by atoms with van der Waals surface area (Å²) in [5.41, 5.74) is 0. The predicted molar refractivity (Wildman–Crippen MR) is 77.5 cm³/mol. The van der Waals surface area contributed by atoms with Crippen LogP contribution in [-0.2, 0) is 8.85 Å². The maximum absolute atomic E-state index is 5.82. The standard InChI is InChI=1S/C14H28O2Si/c1-5-7-9-11-13-15-17(3,4)16-14-12-10-8-6-2/h7-10H,5-6,11-14H2,1-4H3/b9-7+,10-8+. The summed E-state index contributed by atoms with van der Waals surface area (Å²) < 4.78 is 11.6. The summed E-state index contributed by atoms with van der Waals surface area (Å²) in [5.74, 6) is 0. The lowest BCUT2D eigenvalue weighted by molar-refractivity contribution is 0.184. The fraction of sp³-hybridized carbons (Fsp3) is 0.714. The van der Waals surface area contributed by atoms with Gasteiger partial charge in [-0.1, -0.05) is 38.2 Å². The SMILES string of the molecule is CC/C=C/CCO[Si](C)(C)OCC/C=C/CC. The first-order chi connectivity index (χ1) is 8.12. The monoisotopic (exact) mass is 256 g/mol. The van der Waals surface area contributed by atoms with Crippen molar-refractivity contribution in [3.8, 4) is 0 Å². The van der Waals surface area contributed by atoms with E-state index >= 15 is 0 Å². The highest BCUT2D eigenvalue weighted by Crippen LogP contribution is 2.08. The summed E-state index contributed by atoms with van der Waals surface area (Å²) in [7, 11) is -1.89. The Morgan fingerprint density at radius 2 is 1.18 bits per heavy atom. The molecule has 0 saturated heterocycles. The average molecular weight is 256 g/mol. The molecule has 0 N–H and O–H groups in total. The molecule has 100 valence electrons. The van der Waals surface area contributed by atoms with Crippen molar-refractivity contribution in [2.75, 3.05) is 13.2 Å². The average Bonchev–Trinajstić information content (AvgIpc) is 2.28. The van der Waals surface area contributed by atoms with E-state index in [-0.39, 0.29) is 0 Å². The number of allylic oxidation sites excluding steroid dienone is 2. The third-order valence-electron chi connectivity index (χ3n) is 2.27. The third-order valence-corrected chi connectivity index (χ3v) is 4.07. The molecule has 0 atom stereocenters. The molecule has 3 heteroatoms. The molecule has 0 unspecified atom stereocenters. The molecule has 0 radical (unpaired) electrons. The molecule has 0 aliphatic heterocycles. The van der Waals surface area contributed by atoms with Crippen LogP contribution in [0, 0.1) is 0 Å². The van der Waals surface area contributed by atoms with Gasteiger partial charge in [-0.3, -0.25) is 0 Å². The fourth-order valence-electron chi connectivity index (χ4n) is 1.36. The molecule has 17 heavy (non-hydrogen) atoms. The first-order valence-electron chi connectivity index (χ1n) is 6.70. The van der Waals surface area contributed by atoms with Crippen molar-refractivity contribution < 1.29 is 8.85 Å². The smallest absolute Gasteiger partial charge is 0.331 e. The fourth-order valence-corrected chi connectivity index (χ4v) is 2.66. The molecule has 0 heterocycles. The Morgan fingerprint density at radius 3 is 1.53 bits per heavy atom. The van der Waals surface area contributed by atoms with E-state index < -0.39 is 8.56 Å². The zero-order chi connectivity index (χ0) is 13.0. The summed E-state index contributed by atoms with van der Waals surface area (Å²) >= 11 is 0. The molecule has 2 nitrogen and oxygen atoms in total. The summed E-state index contributed by atoms with van der Waals surface area (Å²) in [6.45, 7) is 10.1. The summed E-state index contributed by atoms with van der Waals surface area (Å²) in [6, 6.07) is 0. The molecule has 0 amide bonds. The largest absolute Gasteiger partial charge is 0.394 e. The quantitative estimate of drug-likeness (QED) is 0.327. The van der Waals surface area contributed by atoms with E-state index in [0.717, 1.165) is 38.9 Å². The second-order valence-electron chi connectivity index (χ2n) is 4.43. The number of hydrogen-bond donors (Lipinski definition) is 0. The van der Waals surface area contributed by atoms with Gasteiger partial charge in [-0.05, 0) is 38.8 Å². The van der Waals surface area contributed by atoms with E-state index in [1.165, 1.54) is 0 Å². The molecule has 0 aliphatic rings. The lowest BCUT2D eigenvalue weighted by atomic mass is 10.3. The van der Waals surface area contributed by atoms with Gasteiger partial charge in [0.05, 0.1) is 0 Å². The predicted octanol–water partition coefficient (Wildman–Crippen LogP) is 4.43. The van der Waals surface area contributed by atoms with Crippen molar-refractivity contribution in [3.63, 3.8) is 0 Å². The topological polar surface area (TPSA) is 18.5 Å². The van der Waals surface area contributed by atoms with E-state index in [0.29, 0.717) is 0 Å². The van der Waals surface area contributed by atoms with Crippen LogP contribution < -0.4 is 0 Å². The second-order valence-corrected chi connectivity index (χ2v) is 7.81. The molecule has 0 aromatic heterocycles. The van der Waals surface area contributed by atoms with Crippen LogP contribution in [0.1, 0.15) is 39.5 Å². The minimum atomic E-state index is -1.89. The van der Waals surface area contributed by atoms with E-state index in [2.05, 4.69) is 51.2 Å². The van der Waals surface area contributed by atoms with Gasteiger partial charge in [0.25, 0.3) is 0 Å². The molecular weight excluding hydrogens is 228 g/mol. The molecule has 0 rings (SSSR count). The number of hydrogen-bond acceptors (Lipinski definition) is 2. The normalized spacial score (nSPS) is 12.9. The van der Waals surface area contributed by atoms with Gasteiger partial charge in [-0.2, -0.15) is 0 Å². The van der Waals surface area contributed by atoms with Gasteiger partial charge in [0.2, 0.25) is 0 Å². The molecule has 0 aromatic rings. The highest BCUT2D eigenvalue weighted by Gasteiger charge is 2.23. The van der Waals surface area contributed by atoms with Gasteiger partial charge in [-0.25, -0.2) is 0 Å². The summed E-state index contributed by atoms with van der Waals surface area (Å²) in [6.07, 6.45) is 12.9. The maximum Gasteiger partial charge on any atom is 0.331 e. The summed E-state index contributed by atoms with van der Waals surface area (Å²) in [5, 5.41) is 0. The van der Waals surface area contributed by atoms with Gasteiger partial charge in [-0.15, -0.1) is 0 Å². The Hall–Kier alpha value is -0.383. The van der Waals surface area contributed by atoms with Gasteiger partial charge in [0, 0.05) is 13.2 Å². The first kappa shape index (κ1) is 16.6. The molecule has 0 saturated carbocycles. The highest BCUT2D eigenvalue weighted by molar-refractivity contribution is 6.64. The summed E-state index contributed by atoms with van der Waals surface area (Å²) in [4.78, 5) is 0. The Morgan fingerprint density at radius 1 is 0.765 bits per heavy atom. The van der Waals surface area contributed by atoms with Crippen LogP contribution in [0.15, 0.2) is 24.3 Å². The van der Waals surface area contributed by atoms with Crippen LogP contribution in [0.4, 0.5) is 0 Å². The minimum absolute atomic E-state index is 0.778. The van der Waals surface area contributed by atoms with Crippen molar-refractivity contribution in [2.24, 2.45) is 0 Å². The van der Waals surface area contributed by atoms with Crippen molar-refractivity contribution in [2.45, 2.75) is 52.6 Å². The molecule has 0 bridgehead atoms. The Bertz CT molecular complexity index is 200. The van der Waals surface area contributed by atoms with Crippen molar-refractivity contribution in [1.29, 1.82) is 0 Å². The van der Waals surface area contributed by atoms with Crippen molar-refractivity contribution in [1.82, 2.24) is 0 Å². The highest BCUT2D eigenvalue weighted by atomic mass is 28.4. The van der Waals surface area contributed by atoms with Gasteiger partial charge in [0.1, 0.15) is 0 Å². The molecule has 0 aromatic carbocycles. The molecule has 0 spiro atoms. The van der Waals surface area contributed by atoms with Crippen LogP contribution in [0.5, 0.6) is 0 Å². The lowest BCUT2D eigenvalue weighted by Crippen LogP contribution is -2.35. The van der Waals surface area contributed by atoms with Crippen molar-refractivity contribution >= 4 is 8.56 Å². The second kappa shape index (κ2) is 10.8. The van der Waals surface area contributed by atoms with Crippen LogP contribution in [0.25, 0.3) is 0 Å². The van der Waals surface area contributed by atoms with Crippen LogP contribution in [0.2, 0.25) is 13.1 Å². The minimum Gasteiger partial charge on any atom is -0.394 e. The first-order valence-corrected chi connectivity index (χ1v) is 9.52. The van der Waals surface area contributed by atoms with E-state index in [1.54, 1.807) is 0 Å². The zero-order valence-corrected chi connectivity index (χ0v) is 12.9. The van der Waals surface area contributed by atoms with Crippen molar-refractivity contribution in [3.05, 3.63) is 24.3 Å². The Kier molecular flexibility index (Phi) is 10.5. The maximum atomic E-state index is 5.82. The molecular formula is C14H28O2Si. The van der Waals surface area contributed by atoms with E-state index in [4.69, 9.17) is 8.85 Å². The molecule has 0 aliphatic carbocycles. The van der Waals surface area contributed by atoms with Gasteiger partial charge in [0.15, 0.2) is 0 Å². The number of rotatable bonds is 10. The zero-order valence-electron chi connectivity index (χ0n) is 11.9. The lowest BCUT2D eigenvalue weighted by Gasteiger charge is -2.22. The van der Waals surface area contributed by atoms with E-state index in [9.17, 15) is 0 Å². The Labute approximate surface area is 108 Å². The van der Waals surface area contributed by atoms with Crippen LogP contribution in [0.3, 0.4) is 0 Å². The van der Waals surface area contributed by atoms with Crippen LogP contribution >= 0.6 is 0 Å². The van der Waals surface area contributed by atoms with Crippen LogP contribution in [-0.4, -0.2) is 21.8 Å². The van der Waals surface area contributed by atoms with E-state index in [1.807, 2.05) is 0 Å². The van der Waals surface area contributed by atoms with Gasteiger partial charge >= 0.3 is 8.56 Å². The molecule has 0 fully saturated rings. The van der Waals surface area contributed by atoms with Gasteiger partial charge < -0.3 is 8.85 Å². The third kappa shape index (κ3) is 11.9.